The molecule has 0 aliphatic carbocycles. The molecule has 10 nitrogen and oxygen atoms in total. The molecule has 0 saturated carbocycles. The van der Waals surface area contributed by atoms with E-state index in [-0.39, 0.29) is 19.3 Å². The monoisotopic (exact) mass is 432 g/mol. The molecule has 2 rings (SSSR count). The number of ether oxygens (including phenoxy) is 2. The van der Waals surface area contributed by atoms with Gasteiger partial charge < -0.3 is 25.2 Å². The Morgan fingerprint density at radius 3 is 2.61 bits per heavy atom. The average Bonchev–Trinajstić information content (AvgIpc) is 2.77. The van der Waals surface area contributed by atoms with Crippen LogP contribution in [-0.4, -0.2) is 59.8 Å². The van der Waals surface area contributed by atoms with Gasteiger partial charge in [0.1, 0.15) is 24.3 Å². The van der Waals surface area contributed by atoms with E-state index in [0.717, 1.165) is 17.7 Å². The van der Waals surface area contributed by atoms with Gasteiger partial charge in [-0.1, -0.05) is 18.2 Å². The molecular formula is C21H32N6O4. The first-order valence-electron chi connectivity index (χ1n) is 10.3. The second-order valence-corrected chi connectivity index (χ2v) is 7.03. The van der Waals surface area contributed by atoms with Crippen molar-refractivity contribution in [3.63, 3.8) is 0 Å². The molecule has 1 amide bonds. The van der Waals surface area contributed by atoms with Crippen LogP contribution in [0, 0.1) is 6.92 Å². The molecule has 0 aliphatic heterocycles. The summed E-state index contributed by atoms with van der Waals surface area (Å²) in [6, 6.07) is 11.4. The van der Waals surface area contributed by atoms with Crippen molar-refractivity contribution in [1.82, 2.24) is 20.9 Å². The van der Waals surface area contributed by atoms with Crippen LogP contribution in [0.5, 0.6) is 5.75 Å². The Kier molecular flexibility index (Phi) is 10.3. The van der Waals surface area contributed by atoms with Crippen LogP contribution >= 0.6 is 0 Å². The number of benzene rings is 1. The van der Waals surface area contributed by atoms with E-state index in [2.05, 4.69) is 38.6 Å². The summed E-state index contributed by atoms with van der Waals surface area (Å²) in [6.45, 7) is 7.41. The van der Waals surface area contributed by atoms with E-state index in [1.165, 1.54) is 0 Å². The Morgan fingerprint density at radius 1 is 1.16 bits per heavy atom. The Labute approximate surface area is 182 Å². The first-order chi connectivity index (χ1) is 15.0. The highest BCUT2D eigenvalue weighted by molar-refractivity contribution is 5.68. The van der Waals surface area contributed by atoms with E-state index in [9.17, 15) is 9.90 Å². The third-order valence-electron chi connectivity index (χ3n) is 4.34. The maximum atomic E-state index is 11.2. The van der Waals surface area contributed by atoms with Gasteiger partial charge in [-0.2, -0.15) is 0 Å². The molecule has 170 valence electrons. The quantitative estimate of drug-likeness (QED) is 0.302. The minimum absolute atomic E-state index is 0.197. The van der Waals surface area contributed by atoms with Crippen LogP contribution in [0.2, 0.25) is 0 Å². The molecule has 0 spiro atoms. The summed E-state index contributed by atoms with van der Waals surface area (Å²) in [6.07, 6.45) is -0.346. The lowest BCUT2D eigenvalue weighted by molar-refractivity contribution is 0.103. The SMILES string of the molecule is CCOC(=O)NNc1ccc(NCCC(C)NCC(O)COc2ccccc2C)nn1. The summed E-state index contributed by atoms with van der Waals surface area (Å²) in [5.41, 5.74) is 6.01. The van der Waals surface area contributed by atoms with E-state index in [4.69, 9.17) is 9.47 Å². The topological polar surface area (TPSA) is 130 Å². The van der Waals surface area contributed by atoms with Gasteiger partial charge in [0.15, 0.2) is 5.82 Å². The van der Waals surface area contributed by atoms with Crippen molar-refractivity contribution in [2.24, 2.45) is 0 Å². The number of nitrogens with one attached hydrogen (secondary N) is 4. The van der Waals surface area contributed by atoms with Gasteiger partial charge in [-0.15, -0.1) is 10.2 Å². The Balaban J connectivity index is 1.59. The molecule has 0 radical (unpaired) electrons. The summed E-state index contributed by atoms with van der Waals surface area (Å²) in [7, 11) is 0. The molecule has 0 saturated heterocycles. The largest absolute Gasteiger partial charge is 0.491 e. The van der Waals surface area contributed by atoms with E-state index in [1.807, 2.05) is 31.2 Å². The molecule has 1 aromatic carbocycles. The third-order valence-corrected chi connectivity index (χ3v) is 4.34. The van der Waals surface area contributed by atoms with Crippen LogP contribution in [0.25, 0.3) is 0 Å². The number of aryl methyl sites for hydroxylation is 1. The van der Waals surface area contributed by atoms with E-state index in [0.29, 0.717) is 24.7 Å². The number of hydrazine groups is 1. The van der Waals surface area contributed by atoms with Crippen molar-refractivity contribution < 1.29 is 19.4 Å². The van der Waals surface area contributed by atoms with E-state index in [1.54, 1.807) is 19.1 Å². The van der Waals surface area contributed by atoms with Crippen molar-refractivity contribution in [2.45, 2.75) is 39.3 Å². The Bertz CT molecular complexity index is 790. The molecule has 2 aromatic rings. The highest BCUT2D eigenvalue weighted by atomic mass is 16.5. The number of para-hydroxylation sites is 1. The Hall–Kier alpha value is -3.11. The zero-order valence-electron chi connectivity index (χ0n) is 18.2. The molecule has 10 heteroatoms. The lowest BCUT2D eigenvalue weighted by Crippen LogP contribution is -2.37. The number of carbonyl (C=O) groups is 1. The van der Waals surface area contributed by atoms with E-state index >= 15 is 0 Å². The molecule has 0 aliphatic rings. The standard InChI is InChI=1S/C21H32N6O4/c1-4-30-21(29)27-26-20-10-9-19(24-25-20)22-12-11-16(3)23-13-17(28)14-31-18-8-6-5-7-15(18)2/h5-10,16-17,23,28H,4,11-14H2,1-3H3,(H,22,24)(H,25,26)(H,27,29). The molecule has 0 bridgehead atoms. The molecule has 2 atom stereocenters. The maximum absolute atomic E-state index is 11.2. The molecule has 31 heavy (non-hydrogen) atoms. The number of anilines is 2. The number of carbonyl (C=O) groups excluding carboxylic acids is 1. The van der Waals surface area contributed by atoms with Crippen LogP contribution in [0.3, 0.4) is 0 Å². The van der Waals surface area contributed by atoms with Gasteiger partial charge in [0.25, 0.3) is 0 Å². The molecule has 0 fully saturated rings. The molecular weight excluding hydrogens is 400 g/mol. The van der Waals surface area contributed by atoms with Gasteiger partial charge in [0.2, 0.25) is 0 Å². The second kappa shape index (κ2) is 13.2. The zero-order valence-corrected chi connectivity index (χ0v) is 18.2. The van der Waals surface area contributed by atoms with Crippen molar-refractivity contribution in [2.75, 3.05) is 37.0 Å². The summed E-state index contributed by atoms with van der Waals surface area (Å²) in [5, 5.41) is 24.6. The fourth-order valence-electron chi connectivity index (χ4n) is 2.59. The van der Waals surface area contributed by atoms with Gasteiger partial charge in [-0.05, 0) is 51.0 Å². The number of hydrogen-bond donors (Lipinski definition) is 5. The average molecular weight is 433 g/mol. The van der Waals surface area contributed by atoms with Gasteiger partial charge in [0.05, 0.1) is 6.61 Å². The summed E-state index contributed by atoms with van der Waals surface area (Å²) in [5.74, 6) is 1.81. The lowest BCUT2D eigenvalue weighted by Gasteiger charge is -2.18. The number of aromatic nitrogens is 2. The highest BCUT2D eigenvalue weighted by Gasteiger charge is 2.09. The highest BCUT2D eigenvalue weighted by Crippen LogP contribution is 2.16. The number of rotatable bonds is 13. The zero-order chi connectivity index (χ0) is 22.5. The normalized spacial score (nSPS) is 12.5. The van der Waals surface area contributed by atoms with Gasteiger partial charge in [0, 0.05) is 19.1 Å². The minimum Gasteiger partial charge on any atom is -0.491 e. The first kappa shape index (κ1) is 24.2. The van der Waals surface area contributed by atoms with E-state index < -0.39 is 12.2 Å². The molecule has 5 N–H and O–H groups in total. The summed E-state index contributed by atoms with van der Waals surface area (Å²) >= 11 is 0. The first-order valence-corrected chi connectivity index (χ1v) is 10.3. The van der Waals surface area contributed by atoms with Crippen LogP contribution in [0.4, 0.5) is 16.4 Å². The molecule has 1 aromatic heterocycles. The van der Waals surface area contributed by atoms with Crippen LogP contribution in [0.15, 0.2) is 36.4 Å². The van der Waals surface area contributed by atoms with Crippen LogP contribution < -0.4 is 26.2 Å². The number of hydrogen-bond acceptors (Lipinski definition) is 9. The smallest absolute Gasteiger partial charge is 0.425 e. The van der Waals surface area contributed by atoms with Crippen molar-refractivity contribution in [3.8, 4) is 5.75 Å². The number of aliphatic hydroxyl groups excluding tert-OH is 1. The number of amides is 1. The number of nitrogens with zero attached hydrogens (tertiary/aromatic N) is 2. The Morgan fingerprint density at radius 2 is 1.90 bits per heavy atom. The van der Waals surface area contributed by atoms with Crippen molar-refractivity contribution in [3.05, 3.63) is 42.0 Å². The predicted octanol–water partition coefficient (Wildman–Crippen LogP) is 2.08. The summed E-state index contributed by atoms with van der Waals surface area (Å²) in [4.78, 5) is 11.2. The van der Waals surface area contributed by atoms with Crippen LogP contribution in [0.1, 0.15) is 25.8 Å². The van der Waals surface area contributed by atoms with Gasteiger partial charge in [-0.3, -0.25) is 5.43 Å². The van der Waals surface area contributed by atoms with Crippen LogP contribution in [-0.2, 0) is 4.74 Å². The molecule has 1 heterocycles. The van der Waals surface area contributed by atoms with Gasteiger partial charge >= 0.3 is 6.09 Å². The van der Waals surface area contributed by atoms with Gasteiger partial charge in [-0.25, -0.2) is 10.2 Å². The fraction of sp³-hybridized carbons (Fsp3) is 0.476. The maximum Gasteiger partial charge on any atom is 0.425 e. The predicted molar refractivity (Wildman–Crippen MR) is 119 cm³/mol. The lowest BCUT2D eigenvalue weighted by atomic mass is 10.2. The summed E-state index contributed by atoms with van der Waals surface area (Å²) < 4.78 is 10.4. The fourth-order valence-corrected chi connectivity index (χ4v) is 2.59. The second-order valence-electron chi connectivity index (χ2n) is 7.03. The van der Waals surface area contributed by atoms with Crippen molar-refractivity contribution >= 4 is 17.7 Å². The molecule has 2 unspecified atom stereocenters. The third kappa shape index (κ3) is 9.49. The number of aliphatic hydroxyl groups is 1. The minimum atomic E-state index is -0.593. The van der Waals surface area contributed by atoms with Crippen molar-refractivity contribution in [1.29, 1.82) is 0 Å².